The lowest BCUT2D eigenvalue weighted by Crippen LogP contribution is -2.14. The zero-order valence-electron chi connectivity index (χ0n) is 10.8. The third-order valence-electron chi connectivity index (χ3n) is 2.77. The Morgan fingerprint density at radius 1 is 1.19 bits per heavy atom. The molecule has 0 saturated carbocycles. The Morgan fingerprint density at radius 3 is 2.81 bits per heavy atom. The predicted octanol–water partition coefficient (Wildman–Crippen LogP) is 3.13. The zero-order valence-corrected chi connectivity index (χ0v) is 12.4. The SMILES string of the molecule is O=C(CSc1ccc(O)cc1)Nc1cccc2nsnc12. The van der Waals surface area contributed by atoms with Crippen LogP contribution in [0.4, 0.5) is 5.69 Å². The number of amides is 1. The number of nitrogens with zero attached hydrogens (tertiary/aromatic N) is 2. The lowest BCUT2D eigenvalue weighted by molar-refractivity contribution is -0.113. The van der Waals surface area contributed by atoms with Crippen LogP contribution in [0.1, 0.15) is 0 Å². The number of thioether (sulfide) groups is 1. The van der Waals surface area contributed by atoms with Gasteiger partial charge in [-0.1, -0.05) is 6.07 Å². The fourth-order valence-electron chi connectivity index (χ4n) is 1.78. The summed E-state index contributed by atoms with van der Waals surface area (Å²) in [7, 11) is 0. The van der Waals surface area contributed by atoms with Crippen LogP contribution in [0, 0.1) is 0 Å². The van der Waals surface area contributed by atoms with E-state index in [2.05, 4.69) is 14.1 Å². The number of anilines is 1. The van der Waals surface area contributed by atoms with Crippen molar-refractivity contribution in [1.82, 2.24) is 8.75 Å². The van der Waals surface area contributed by atoms with Gasteiger partial charge in [-0.25, -0.2) is 0 Å². The van der Waals surface area contributed by atoms with E-state index in [1.807, 2.05) is 18.2 Å². The maximum absolute atomic E-state index is 12.0. The number of phenolic OH excluding ortho intramolecular Hbond substituents is 1. The molecule has 106 valence electrons. The van der Waals surface area contributed by atoms with Crippen molar-refractivity contribution in [3.05, 3.63) is 42.5 Å². The molecule has 2 aromatic carbocycles. The van der Waals surface area contributed by atoms with Crippen LogP contribution >= 0.6 is 23.5 Å². The highest BCUT2D eigenvalue weighted by Crippen LogP contribution is 2.23. The highest BCUT2D eigenvalue weighted by Gasteiger charge is 2.09. The molecule has 0 spiro atoms. The number of aromatic nitrogens is 2. The Labute approximate surface area is 129 Å². The average molecular weight is 317 g/mol. The van der Waals surface area contributed by atoms with Gasteiger partial charge in [-0.05, 0) is 36.4 Å². The summed E-state index contributed by atoms with van der Waals surface area (Å²) in [5.74, 6) is 0.402. The number of rotatable bonds is 4. The van der Waals surface area contributed by atoms with Crippen molar-refractivity contribution >= 4 is 46.1 Å². The number of phenols is 1. The Kier molecular flexibility index (Phi) is 4.03. The number of carbonyl (C=O) groups is 1. The van der Waals surface area contributed by atoms with E-state index in [9.17, 15) is 9.90 Å². The lowest BCUT2D eigenvalue weighted by Gasteiger charge is -2.05. The molecule has 5 nitrogen and oxygen atoms in total. The third kappa shape index (κ3) is 3.32. The molecule has 2 N–H and O–H groups in total. The van der Waals surface area contributed by atoms with Gasteiger partial charge in [-0.2, -0.15) is 8.75 Å². The molecular formula is C14H11N3O2S2. The normalized spacial score (nSPS) is 10.7. The van der Waals surface area contributed by atoms with Crippen LogP contribution < -0.4 is 5.32 Å². The summed E-state index contributed by atoms with van der Waals surface area (Å²) in [6.45, 7) is 0. The van der Waals surface area contributed by atoms with E-state index in [-0.39, 0.29) is 11.7 Å². The summed E-state index contributed by atoms with van der Waals surface area (Å²) in [6.07, 6.45) is 0. The third-order valence-corrected chi connectivity index (χ3v) is 4.32. The Balaban J connectivity index is 1.64. The van der Waals surface area contributed by atoms with Crippen LogP contribution in [0.3, 0.4) is 0 Å². The zero-order chi connectivity index (χ0) is 14.7. The molecule has 0 atom stereocenters. The maximum Gasteiger partial charge on any atom is 0.234 e. The van der Waals surface area contributed by atoms with Crippen LogP contribution in [-0.2, 0) is 4.79 Å². The van der Waals surface area contributed by atoms with Crippen LogP contribution in [0.15, 0.2) is 47.4 Å². The fraction of sp³-hybridized carbons (Fsp3) is 0.0714. The standard InChI is InChI=1S/C14H11N3O2S2/c18-9-4-6-10(7-5-9)20-8-13(19)15-11-2-1-3-12-14(11)17-21-16-12/h1-7,18H,8H2,(H,15,19). The van der Waals surface area contributed by atoms with Gasteiger partial charge in [0.15, 0.2) is 0 Å². The minimum atomic E-state index is -0.103. The molecule has 1 amide bonds. The lowest BCUT2D eigenvalue weighted by atomic mass is 10.2. The molecule has 7 heteroatoms. The molecule has 0 aliphatic heterocycles. The number of hydrogen-bond donors (Lipinski definition) is 2. The van der Waals surface area contributed by atoms with Crippen LogP contribution in [-0.4, -0.2) is 25.5 Å². The first-order chi connectivity index (χ1) is 10.2. The van der Waals surface area contributed by atoms with Crippen LogP contribution in [0.25, 0.3) is 11.0 Å². The Morgan fingerprint density at radius 2 is 2.00 bits per heavy atom. The van der Waals surface area contributed by atoms with Gasteiger partial charge in [0.25, 0.3) is 0 Å². The maximum atomic E-state index is 12.0. The van der Waals surface area contributed by atoms with E-state index < -0.39 is 0 Å². The van der Waals surface area contributed by atoms with Gasteiger partial charge in [0.1, 0.15) is 16.8 Å². The van der Waals surface area contributed by atoms with E-state index in [1.165, 1.54) is 11.8 Å². The van der Waals surface area contributed by atoms with Crippen molar-refractivity contribution in [2.24, 2.45) is 0 Å². The molecule has 0 radical (unpaired) electrons. The summed E-state index contributed by atoms with van der Waals surface area (Å²) in [5, 5.41) is 12.1. The fourth-order valence-corrected chi connectivity index (χ4v) is 3.03. The van der Waals surface area contributed by atoms with Crippen molar-refractivity contribution in [3.63, 3.8) is 0 Å². The number of aromatic hydroxyl groups is 1. The van der Waals surface area contributed by atoms with Gasteiger partial charge in [0.2, 0.25) is 5.91 Å². The van der Waals surface area contributed by atoms with Gasteiger partial charge in [0, 0.05) is 4.90 Å². The largest absolute Gasteiger partial charge is 0.508 e. The minimum Gasteiger partial charge on any atom is -0.508 e. The van der Waals surface area contributed by atoms with Crippen molar-refractivity contribution in [2.45, 2.75) is 4.90 Å². The van der Waals surface area contributed by atoms with Crippen molar-refractivity contribution < 1.29 is 9.90 Å². The van der Waals surface area contributed by atoms with E-state index in [4.69, 9.17) is 0 Å². The molecule has 3 rings (SSSR count). The average Bonchev–Trinajstić information content (AvgIpc) is 2.96. The number of hydrogen-bond acceptors (Lipinski definition) is 6. The van der Waals surface area contributed by atoms with E-state index in [1.54, 1.807) is 24.3 Å². The first-order valence-corrected chi connectivity index (χ1v) is 7.87. The molecule has 21 heavy (non-hydrogen) atoms. The van der Waals surface area contributed by atoms with Crippen LogP contribution in [0.5, 0.6) is 5.75 Å². The van der Waals surface area contributed by atoms with E-state index >= 15 is 0 Å². The van der Waals surface area contributed by atoms with Gasteiger partial charge in [-0.3, -0.25) is 4.79 Å². The van der Waals surface area contributed by atoms with Gasteiger partial charge in [-0.15, -0.1) is 11.8 Å². The predicted molar refractivity (Wildman–Crippen MR) is 84.9 cm³/mol. The molecule has 0 saturated heterocycles. The number of carbonyl (C=O) groups excluding carboxylic acids is 1. The molecule has 0 bridgehead atoms. The quantitative estimate of drug-likeness (QED) is 0.723. The number of benzene rings is 2. The molecule has 1 heterocycles. The molecule has 1 aromatic heterocycles. The summed E-state index contributed by atoms with van der Waals surface area (Å²) in [4.78, 5) is 12.9. The van der Waals surface area contributed by atoms with Crippen LogP contribution in [0.2, 0.25) is 0 Å². The molecule has 0 unspecified atom stereocenters. The second-order valence-electron chi connectivity index (χ2n) is 4.27. The summed E-state index contributed by atoms with van der Waals surface area (Å²) in [5.41, 5.74) is 2.17. The van der Waals surface area contributed by atoms with E-state index in [0.717, 1.165) is 22.1 Å². The molecular weight excluding hydrogens is 306 g/mol. The second-order valence-corrected chi connectivity index (χ2v) is 5.85. The topological polar surface area (TPSA) is 75.1 Å². The molecule has 0 aliphatic rings. The minimum absolute atomic E-state index is 0.103. The first-order valence-electron chi connectivity index (χ1n) is 6.15. The first kappa shape index (κ1) is 13.8. The molecule has 3 aromatic rings. The summed E-state index contributed by atoms with van der Waals surface area (Å²) in [6, 6.07) is 12.3. The molecule has 0 fully saturated rings. The summed E-state index contributed by atoms with van der Waals surface area (Å²) < 4.78 is 8.32. The highest BCUT2D eigenvalue weighted by atomic mass is 32.2. The second kappa shape index (κ2) is 6.11. The van der Waals surface area contributed by atoms with Gasteiger partial charge < -0.3 is 10.4 Å². The van der Waals surface area contributed by atoms with Crippen molar-refractivity contribution in [1.29, 1.82) is 0 Å². The highest BCUT2D eigenvalue weighted by molar-refractivity contribution is 8.00. The van der Waals surface area contributed by atoms with Crippen molar-refractivity contribution in [3.8, 4) is 5.75 Å². The van der Waals surface area contributed by atoms with Gasteiger partial charge >= 0.3 is 0 Å². The van der Waals surface area contributed by atoms with E-state index in [0.29, 0.717) is 17.0 Å². The smallest absolute Gasteiger partial charge is 0.234 e. The summed E-state index contributed by atoms with van der Waals surface area (Å²) >= 11 is 2.53. The Bertz CT molecular complexity index is 771. The number of nitrogens with one attached hydrogen (secondary N) is 1. The van der Waals surface area contributed by atoms with Gasteiger partial charge in [0.05, 0.1) is 23.2 Å². The molecule has 0 aliphatic carbocycles. The monoisotopic (exact) mass is 317 g/mol. The number of fused-ring (bicyclic) bond motifs is 1. The van der Waals surface area contributed by atoms with Crippen molar-refractivity contribution in [2.75, 3.05) is 11.1 Å². The Hall–Kier alpha value is -2.12.